The fraction of sp³-hybridized carbons (Fsp3) is 0.286. The van der Waals surface area contributed by atoms with Crippen molar-refractivity contribution in [3.63, 3.8) is 0 Å². The highest BCUT2D eigenvalue weighted by molar-refractivity contribution is 6.31. The van der Waals surface area contributed by atoms with Gasteiger partial charge >= 0.3 is 5.76 Å². The molecule has 3 heterocycles. The van der Waals surface area contributed by atoms with Gasteiger partial charge in [0.1, 0.15) is 11.4 Å². The summed E-state index contributed by atoms with van der Waals surface area (Å²) in [5.74, 6) is -0.732. The summed E-state index contributed by atoms with van der Waals surface area (Å²) in [5, 5.41) is 1.40. The van der Waals surface area contributed by atoms with Crippen molar-refractivity contribution in [2.45, 2.75) is 6.42 Å². The number of hydrogen-bond acceptors (Lipinski definition) is 5. The second kappa shape index (κ2) is 7.24. The smallest absolute Gasteiger partial charge is 0.417 e. The molecule has 29 heavy (non-hydrogen) atoms. The van der Waals surface area contributed by atoms with Crippen LogP contribution in [0.1, 0.15) is 5.56 Å². The van der Waals surface area contributed by atoms with Crippen molar-refractivity contribution >= 4 is 39.4 Å². The molecule has 5 rings (SSSR count). The largest absolute Gasteiger partial charge is 0.464 e. The van der Waals surface area contributed by atoms with Gasteiger partial charge in [-0.2, -0.15) is 0 Å². The van der Waals surface area contributed by atoms with Gasteiger partial charge in [-0.15, -0.1) is 0 Å². The molecular formula is C21H19ClFN3O3. The lowest BCUT2D eigenvalue weighted by molar-refractivity contribution is 0.261. The molecule has 0 unspecified atom stereocenters. The molecule has 150 valence electrons. The Hall–Kier alpha value is -2.77. The van der Waals surface area contributed by atoms with Crippen molar-refractivity contribution in [1.82, 2.24) is 9.88 Å². The van der Waals surface area contributed by atoms with Crippen molar-refractivity contribution in [2.24, 2.45) is 0 Å². The molecule has 0 radical (unpaired) electrons. The summed E-state index contributed by atoms with van der Waals surface area (Å²) in [6.45, 7) is 4.19. The first kappa shape index (κ1) is 18.3. The van der Waals surface area contributed by atoms with E-state index < -0.39 is 5.76 Å². The first-order chi connectivity index (χ1) is 14.1. The van der Waals surface area contributed by atoms with Crippen LogP contribution in [0.25, 0.3) is 22.1 Å². The molecule has 1 N–H and O–H groups in total. The number of furan rings is 1. The van der Waals surface area contributed by atoms with Crippen LogP contribution >= 0.6 is 11.6 Å². The summed E-state index contributed by atoms with van der Waals surface area (Å²) in [6, 6.07) is 8.13. The van der Waals surface area contributed by atoms with Gasteiger partial charge in [-0.1, -0.05) is 11.6 Å². The number of rotatable bonds is 4. The zero-order valence-corrected chi connectivity index (χ0v) is 16.3. The number of oxazole rings is 1. The SMILES string of the molecule is O=c1[nH]c2cc(Cl)cc(N3CCN(CCc4coc5ccc(F)cc45)CC3)c2o1. The predicted octanol–water partition coefficient (Wildman–Crippen LogP) is 4.02. The summed E-state index contributed by atoms with van der Waals surface area (Å²) in [7, 11) is 0. The lowest BCUT2D eigenvalue weighted by Gasteiger charge is -2.36. The number of benzene rings is 2. The Kier molecular flexibility index (Phi) is 4.56. The van der Waals surface area contributed by atoms with Crippen LogP contribution in [0.3, 0.4) is 0 Å². The minimum absolute atomic E-state index is 0.252. The highest BCUT2D eigenvalue weighted by Crippen LogP contribution is 2.30. The first-order valence-electron chi connectivity index (χ1n) is 9.52. The molecule has 0 atom stereocenters. The number of piperazine rings is 1. The van der Waals surface area contributed by atoms with E-state index in [4.69, 9.17) is 20.4 Å². The van der Waals surface area contributed by atoms with Gasteiger partial charge in [-0.3, -0.25) is 9.88 Å². The summed E-state index contributed by atoms with van der Waals surface area (Å²) < 4.78 is 24.4. The van der Waals surface area contributed by atoms with Gasteiger partial charge in [0, 0.05) is 43.1 Å². The number of anilines is 1. The summed E-state index contributed by atoms with van der Waals surface area (Å²) >= 11 is 6.21. The van der Waals surface area contributed by atoms with Crippen molar-refractivity contribution in [3.05, 3.63) is 63.5 Å². The van der Waals surface area contributed by atoms with Gasteiger partial charge in [0.05, 0.1) is 17.5 Å². The van der Waals surface area contributed by atoms with E-state index in [1.807, 2.05) is 6.07 Å². The Morgan fingerprint density at radius 1 is 1.14 bits per heavy atom. The number of fused-ring (bicyclic) bond motifs is 2. The molecule has 0 bridgehead atoms. The summed E-state index contributed by atoms with van der Waals surface area (Å²) in [5.41, 5.74) is 3.72. The van der Waals surface area contributed by atoms with Crippen LogP contribution in [0.4, 0.5) is 10.1 Å². The van der Waals surface area contributed by atoms with E-state index in [9.17, 15) is 9.18 Å². The molecule has 0 aliphatic carbocycles. The van der Waals surface area contributed by atoms with Crippen molar-refractivity contribution in [1.29, 1.82) is 0 Å². The van der Waals surface area contributed by atoms with Crippen LogP contribution in [0, 0.1) is 5.82 Å². The van der Waals surface area contributed by atoms with Crippen LogP contribution in [0.2, 0.25) is 5.02 Å². The lowest BCUT2D eigenvalue weighted by atomic mass is 10.1. The van der Waals surface area contributed by atoms with E-state index in [1.54, 1.807) is 18.4 Å². The number of aromatic amines is 1. The number of H-pyrrole nitrogens is 1. The number of nitrogens with one attached hydrogen (secondary N) is 1. The monoisotopic (exact) mass is 415 g/mol. The maximum atomic E-state index is 13.5. The third-order valence-corrected chi connectivity index (χ3v) is 5.71. The molecule has 1 saturated heterocycles. The Morgan fingerprint density at radius 3 is 2.79 bits per heavy atom. The van der Waals surface area contributed by atoms with E-state index in [1.165, 1.54) is 12.1 Å². The zero-order valence-electron chi connectivity index (χ0n) is 15.6. The van der Waals surface area contributed by atoms with Gasteiger partial charge in [0.15, 0.2) is 5.58 Å². The van der Waals surface area contributed by atoms with Gasteiger partial charge in [0.25, 0.3) is 0 Å². The molecule has 4 aromatic rings. The molecule has 1 fully saturated rings. The minimum atomic E-state index is -0.481. The maximum absolute atomic E-state index is 13.5. The number of nitrogens with zero attached hydrogens (tertiary/aromatic N) is 2. The van der Waals surface area contributed by atoms with Crippen LogP contribution < -0.4 is 10.7 Å². The van der Waals surface area contributed by atoms with Crippen LogP contribution in [0.15, 0.2) is 50.2 Å². The molecular weight excluding hydrogens is 397 g/mol. The normalized spacial score (nSPS) is 15.6. The van der Waals surface area contributed by atoms with Crippen LogP contribution in [-0.4, -0.2) is 42.6 Å². The van der Waals surface area contributed by atoms with Crippen LogP contribution in [-0.2, 0) is 6.42 Å². The predicted molar refractivity (Wildman–Crippen MR) is 110 cm³/mol. The first-order valence-corrected chi connectivity index (χ1v) is 9.90. The molecule has 8 heteroatoms. The highest BCUT2D eigenvalue weighted by Gasteiger charge is 2.21. The van der Waals surface area contributed by atoms with Gasteiger partial charge < -0.3 is 13.7 Å². The maximum Gasteiger partial charge on any atom is 0.417 e. The number of halogens is 2. The van der Waals surface area contributed by atoms with E-state index in [0.717, 1.165) is 55.8 Å². The van der Waals surface area contributed by atoms with Crippen molar-refractivity contribution in [3.8, 4) is 0 Å². The molecule has 0 saturated carbocycles. The second-order valence-electron chi connectivity index (χ2n) is 7.30. The van der Waals surface area contributed by atoms with E-state index in [-0.39, 0.29) is 5.82 Å². The molecule has 2 aromatic heterocycles. The Balaban J connectivity index is 1.26. The second-order valence-corrected chi connectivity index (χ2v) is 7.73. The third kappa shape index (κ3) is 3.52. The molecule has 1 aliphatic rings. The average molecular weight is 416 g/mol. The molecule has 1 aliphatic heterocycles. The Labute approximate surface area is 170 Å². The van der Waals surface area contributed by atoms with Gasteiger partial charge in [-0.25, -0.2) is 9.18 Å². The Bertz CT molecular complexity index is 1240. The lowest BCUT2D eigenvalue weighted by Crippen LogP contribution is -2.47. The topological polar surface area (TPSA) is 65.6 Å². The van der Waals surface area contributed by atoms with Gasteiger partial charge in [-0.05, 0) is 42.3 Å². The number of hydrogen-bond donors (Lipinski definition) is 1. The van der Waals surface area contributed by atoms with Crippen molar-refractivity contribution in [2.75, 3.05) is 37.6 Å². The minimum Gasteiger partial charge on any atom is -0.464 e. The van der Waals surface area contributed by atoms with Gasteiger partial charge in [0.2, 0.25) is 0 Å². The fourth-order valence-corrected chi connectivity index (χ4v) is 4.19. The molecule has 2 aromatic carbocycles. The van der Waals surface area contributed by atoms with E-state index in [2.05, 4.69) is 14.8 Å². The standard InChI is InChI=1S/C21H19ClFN3O3/c22-14-9-17-20(29-21(27)24-17)18(10-14)26-7-5-25(6-8-26)4-3-13-12-28-19-2-1-15(23)11-16(13)19/h1-2,9-12H,3-8H2,(H,24,27). The average Bonchev–Trinajstić information content (AvgIpc) is 3.28. The molecule has 0 amide bonds. The van der Waals surface area contributed by atoms with E-state index in [0.29, 0.717) is 21.7 Å². The molecule has 6 nitrogen and oxygen atoms in total. The quantitative estimate of drug-likeness (QED) is 0.545. The molecule has 0 spiro atoms. The highest BCUT2D eigenvalue weighted by atomic mass is 35.5. The van der Waals surface area contributed by atoms with Crippen LogP contribution in [0.5, 0.6) is 0 Å². The number of aromatic nitrogens is 1. The van der Waals surface area contributed by atoms with Crippen molar-refractivity contribution < 1.29 is 13.2 Å². The summed E-state index contributed by atoms with van der Waals surface area (Å²) in [4.78, 5) is 18.8. The summed E-state index contributed by atoms with van der Waals surface area (Å²) in [6.07, 6.45) is 2.52. The fourth-order valence-electron chi connectivity index (χ4n) is 3.98. The van der Waals surface area contributed by atoms with E-state index >= 15 is 0 Å². The third-order valence-electron chi connectivity index (χ3n) is 5.49. The Morgan fingerprint density at radius 2 is 1.97 bits per heavy atom. The zero-order chi connectivity index (χ0) is 20.0.